The van der Waals surface area contributed by atoms with Gasteiger partial charge in [-0.05, 0) is 29.5 Å². The van der Waals surface area contributed by atoms with Crippen LogP contribution in [0.2, 0.25) is 0 Å². The van der Waals surface area contributed by atoms with Crippen molar-refractivity contribution in [2.45, 2.75) is 54.8 Å². The lowest BCUT2D eigenvalue weighted by Crippen LogP contribution is -2.71. The molecule has 0 amide bonds. The van der Waals surface area contributed by atoms with Crippen molar-refractivity contribution < 1.29 is 24.4 Å². The van der Waals surface area contributed by atoms with Gasteiger partial charge in [0.2, 0.25) is 11.5 Å². The number of rotatable bonds is 11. The molecule has 3 atom stereocenters. The average Bonchev–Trinajstić information content (AvgIpc) is 3.37. The molecule has 0 spiro atoms. The minimum Gasteiger partial charge on any atom is -0.394 e. The maximum Gasteiger partial charge on any atom is 0.330 e. The fraction of sp³-hybridized carbons (Fsp3) is 0.316. The molecule has 1 aliphatic heterocycles. The molecule has 242 valence electrons. The van der Waals surface area contributed by atoms with Crippen molar-refractivity contribution in [3.05, 3.63) is 140 Å². The van der Waals surface area contributed by atoms with E-state index in [0.29, 0.717) is 29.5 Å². The predicted molar refractivity (Wildman–Crippen MR) is 177 cm³/mol. The maximum absolute atomic E-state index is 14.3. The quantitative estimate of drug-likeness (QED) is 0.0999. The molecule has 0 unspecified atom stereocenters. The number of hydrogen-bond acceptors (Lipinski definition) is 7. The van der Waals surface area contributed by atoms with E-state index in [4.69, 9.17) is 20.6 Å². The first-order valence-electron chi connectivity index (χ1n) is 15.4. The van der Waals surface area contributed by atoms with Gasteiger partial charge in [0.05, 0.1) is 12.0 Å². The molecule has 9 nitrogen and oxygen atoms in total. The van der Waals surface area contributed by atoms with Gasteiger partial charge in [-0.25, -0.2) is 4.79 Å². The lowest BCUT2D eigenvalue weighted by Gasteiger charge is -2.55. The van der Waals surface area contributed by atoms with Gasteiger partial charge >= 0.3 is 5.69 Å². The van der Waals surface area contributed by atoms with Crippen LogP contribution >= 0.6 is 0 Å². The highest BCUT2D eigenvalue weighted by atomic mass is 16.7. The summed E-state index contributed by atoms with van der Waals surface area (Å²) < 4.78 is 20.4. The predicted octanol–water partition coefficient (Wildman–Crippen LogP) is 3.51. The summed E-state index contributed by atoms with van der Waals surface area (Å²) in [6.45, 7) is -0.645. The second-order valence-electron chi connectivity index (χ2n) is 11.2. The van der Waals surface area contributed by atoms with Gasteiger partial charge in [-0.15, -0.1) is 12.3 Å². The molecule has 1 aliphatic rings. The fourth-order valence-corrected chi connectivity index (χ4v) is 6.85. The van der Waals surface area contributed by atoms with Crippen molar-refractivity contribution in [2.75, 3.05) is 20.8 Å². The molecule has 0 bridgehead atoms. The lowest BCUT2D eigenvalue weighted by molar-refractivity contribution is -0.339. The number of aromatic nitrogens is 2. The van der Waals surface area contributed by atoms with Crippen LogP contribution in [0.5, 0.6) is 0 Å². The zero-order chi connectivity index (χ0) is 33.5. The van der Waals surface area contributed by atoms with E-state index in [2.05, 4.69) is 22.7 Å². The van der Waals surface area contributed by atoms with E-state index in [1.165, 1.54) is 25.0 Å². The van der Waals surface area contributed by atoms with Crippen LogP contribution in [0.25, 0.3) is 0 Å². The number of methoxy groups -OCH3 is 2. The molecule has 0 saturated carbocycles. The van der Waals surface area contributed by atoms with Crippen molar-refractivity contribution in [3.63, 3.8) is 0 Å². The summed E-state index contributed by atoms with van der Waals surface area (Å²) in [4.78, 5) is 29.9. The van der Waals surface area contributed by atoms with Gasteiger partial charge in [0.15, 0.2) is 0 Å². The highest BCUT2D eigenvalue weighted by molar-refractivity contribution is 5.55. The second kappa shape index (κ2) is 14.4. The van der Waals surface area contributed by atoms with Crippen molar-refractivity contribution in [3.8, 4) is 24.2 Å². The Morgan fingerprint density at radius 2 is 1.40 bits per heavy atom. The molecular formula is C38H38N2O7. The highest BCUT2D eigenvalue weighted by Crippen LogP contribution is 2.61. The molecule has 4 aromatic rings. The van der Waals surface area contributed by atoms with Crippen molar-refractivity contribution in [1.29, 1.82) is 0 Å². The first-order chi connectivity index (χ1) is 22.9. The van der Waals surface area contributed by atoms with E-state index in [1.54, 1.807) is 0 Å². The number of aliphatic hydroxyl groups is 2. The minimum absolute atomic E-state index is 0.0179. The monoisotopic (exact) mass is 634 g/mol. The van der Waals surface area contributed by atoms with Gasteiger partial charge < -0.3 is 24.4 Å². The SMILES string of the molecule is C#CCCCCC#Cc1cn([C@]2(C(c3ccccc3)(c3ccccc3)c3ccccc3)O[C@H](CO)[C@@H](O)C2(OC)OC)c(=O)[nH]c1=O. The molecule has 9 heteroatoms. The van der Waals surface area contributed by atoms with E-state index >= 15 is 0 Å². The maximum atomic E-state index is 14.3. The first-order valence-corrected chi connectivity index (χ1v) is 15.4. The van der Waals surface area contributed by atoms with Crippen LogP contribution in [-0.2, 0) is 25.4 Å². The molecule has 1 saturated heterocycles. The molecule has 3 N–H and O–H groups in total. The van der Waals surface area contributed by atoms with Gasteiger partial charge in [0.25, 0.3) is 5.56 Å². The molecule has 0 aliphatic carbocycles. The number of unbranched alkanes of at least 4 members (excludes halogenated alkanes) is 3. The van der Waals surface area contributed by atoms with Gasteiger partial charge in [-0.3, -0.25) is 14.3 Å². The summed E-state index contributed by atoms with van der Waals surface area (Å²) in [6.07, 6.45) is 6.39. The third-order valence-corrected chi connectivity index (χ3v) is 8.83. The molecule has 0 radical (unpaired) electrons. The zero-order valence-electron chi connectivity index (χ0n) is 26.4. The van der Waals surface area contributed by atoms with Crippen LogP contribution in [0.1, 0.15) is 47.9 Å². The topological polar surface area (TPSA) is 123 Å². The number of terminal acetylenes is 1. The van der Waals surface area contributed by atoms with Gasteiger partial charge in [-0.1, -0.05) is 103 Å². The first kappa shape index (κ1) is 33.6. The van der Waals surface area contributed by atoms with Crippen LogP contribution in [-0.4, -0.2) is 58.6 Å². The third kappa shape index (κ3) is 5.43. The summed E-state index contributed by atoms with van der Waals surface area (Å²) in [5.41, 5.74) is -3.38. The molecule has 47 heavy (non-hydrogen) atoms. The number of benzene rings is 3. The van der Waals surface area contributed by atoms with E-state index < -0.39 is 47.0 Å². The van der Waals surface area contributed by atoms with Crippen LogP contribution < -0.4 is 11.2 Å². The standard InChI is InChI=1S/C38H38N2O7/c1-4-5-6-7-8-12-19-28-26-40(35(44)39-34(28)43)38(37(45-2,46-3)33(42)32(27-41)47-38)36(29-20-13-9-14-21-29,30-22-15-10-16-23-30)31-24-17-11-18-25-31/h1,9-11,13-18,20-26,32-33,41-42H,5-8,27H2,2-3H3,(H,39,43,44)/t32-,33-,38-/m1/s1. The molecule has 1 aromatic heterocycles. The molecule has 1 fully saturated rings. The van der Waals surface area contributed by atoms with Gasteiger partial charge in [-0.2, -0.15) is 0 Å². The Morgan fingerprint density at radius 1 is 0.894 bits per heavy atom. The molecule has 5 rings (SSSR count). The molecule has 3 aromatic carbocycles. The Labute approximate surface area is 273 Å². The van der Waals surface area contributed by atoms with E-state index in [1.807, 2.05) is 91.0 Å². The summed E-state index contributed by atoms with van der Waals surface area (Å²) in [5.74, 6) is 6.37. The largest absolute Gasteiger partial charge is 0.394 e. The third-order valence-electron chi connectivity index (χ3n) is 8.83. The van der Waals surface area contributed by atoms with E-state index in [9.17, 15) is 19.8 Å². The number of H-pyrrole nitrogens is 1. The second-order valence-corrected chi connectivity index (χ2v) is 11.2. The Bertz CT molecular complexity index is 1770. The Kier molecular flexibility index (Phi) is 10.3. The summed E-state index contributed by atoms with van der Waals surface area (Å²) in [5, 5.41) is 22.6. The summed E-state index contributed by atoms with van der Waals surface area (Å²) >= 11 is 0. The smallest absolute Gasteiger partial charge is 0.330 e. The number of ether oxygens (including phenoxy) is 3. The summed E-state index contributed by atoms with van der Waals surface area (Å²) in [7, 11) is 2.67. The highest BCUT2D eigenvalue weighted by Gasteiger charge is 2.78. The number of nitrogens with one attached hydrogen (secondary N) is 1. The molecule has 2 heterocycles. The van der Waals surface area contributed by atoms with Crippen LogP contribution in [0.4, 0.5) is 0 Å². The van der Waals surface area contributed by atoms with E-state index in [0.717, 1.165) is 12.8 Å². The van der Waals surface area contributed by atoms with Crippen molar-refractivity contribution >= 4 is 0 Å². The van der Waals surface area contributed by atoms with E-state index in [-0.39, 0.29) is 5.56 Å². The lowest BCUT2D eigenvalue weighted by atomic mass is 9.59. The van der Waals surface area contributed by atoms with Crippen molar-refractivity contribution in [2.24, 2.45) is 0 Å². The Morgan fingerprint density at radius 3 is 1.87 bits per heavy atom. The fourth-order valence-electron chi connectivity index (χ4n) is 6.85. The Balaban J connectivity index is 1.99. The normalized spacial score (nSPS) is 20.2. The summed E-state index contributed by atoms with van der Waals surface area (Å²) in [6, 6.07) is 28.0. The van der Waals surface area contributed by atoms with Crippen LogP contribution in [0, 0.1) is 24.2 Å². The molecular weight excluding hydrogens is 596 g/mol. The number of aliphatic hydroxyl groups excluding tert-OH is 2. The Hall–Kier alpha value is -4.74. The number of nitrogens with zero attached hydrogens (tertiary/aromatic N) is 1. The van der Waals surface area contributed by atoms with Crippen molar-refractivity contribution in [1.82, 2.24) is 9.55 Å². The van der Waals surface area contributed by atoms with Gasteiger partial charge in [0, 0.05) is 33.3 Å². The average molecular weight is 635 g/mol. The minimum atomic E-state index is -2.18. The zero-order valence-corrected chi connectivity index (χ0v) is 26.4. The van der Waals surface area contributed by atoms with Gasteiger partial charge in [0.1, 0.15) is 17.8 Å². The number of aromatic amines is 1. The number of hydrogen-bond donors (Lipinski definition) is 3. The van der Waals surface area contributed by atoms with Crippen LogP contribution in [0.15, 0.2) is 107 Å². The van der Waals surface area contributed by atoms with Crippen LogP contribution in [0.3, 0.4) is 0 Å².